The van der Waals surface area contributed by atoms with Gasteiger partial charge in [0.1, 0.15) is 23.8 Å². The van der Waals surface area contributed by atoms with E-state index in [-0.39, 0.29) is 0 Å². The molecule has 1 aliphatic heterocycles. The minimum absolute atomic E-state index is 0.389. The molecule has 2 N–H and O–H groups in total. The van der Waals surface area contributed by atoms with Crippen LogP contribution in [0.2, 0.25) is 0 Å². The monoisotopic (exact) mass is 465 g/mol. The first-order chi connectivity index (χ1) is 14.7. The van der Waals surface area contributed by atoms with Crippen molar-refractivity contribution in [1.82, 2.24) is 10.6 Å². The summed E-state index contributed by atoms with van der Waals surface area (Å²) >= 11 is 0. The number of carbonyl (C=O) groups excluding carboxylic acids is 3. The second kappa shape index (κ2) is 9.29. The minimum atomic E-state index is -5.85. The van der Waals surface area contributed by atoms with Crippen LogP contribution in [-0.2, 0) is 14.4 Å². The summed E-state index contributed by atoms with van der Waals surface area (Å²) < 4.78 is 69.1. The van der Waals surface area contributed by atoms with Crippen LogP contribution in [0.3, 0.4) is 0 Å². The summed E-state index contributed by atoms with van der Waals surface area (Å²) in [5.74, 6) is -10.0. The van der Waals surface area contributed by atoms with Crippen LogP contribution in [0.5, 0.6) is 5.75 Å². The van der Waals surface area contributed by atoms with Crippen molar-refractivity contribution in [3.05, 3.63) is 24.3 Å². The molecule has 32 heavy (non-hydrogen) atoms. The van der Waals surface area contributed by atoms with Crippen LogP contribution < -0.4 is 20.3 Å². The molecule has 2 rings (SSSR count). The highest BCUT2D eigenvalue weighted by atomic mass is 19.4. The van der Waals surface area contributed by atoms with E-state index >= 15 is 0 Å². The van der Waals surface area contributed by atoms with Crippen LogP contribution in [0.4, 0.5) is 27.6 Å². The number of anilines is 1. The molecule has 0 bridgehead atoms. The van der Waals surface area contributed by atoms with E-state index in [0.29, 0.717) is 11.4 Å². The normalized spacial score (nSPS) is 20.2. The molecule has 0 fully saturated rings. The lowest BCUT2D eigenvalue weighted by Crippen LogP contribution is -2.57. The molecular weight excluding hydrogens is 441 g/mol. The van der Waals surface area contributed by atoms with Crippen LogP contribution in [-0.4, -0.2) is 55.6 Å². The van der Waals surface area contributed by atoms with Crippen molar-refractivity contribution in [2.45, 2.75) is 45.0 Å². The molecule has 0 aromatic heterocycles. The van der Waals surface area contributed by atoms with Gasteiger partial charge in [0, 0.05) is 7.05 Å². The Hall–Kier alpha value is -2.92. The first-order valence-electron chi connectivity index (χ1n) is 9.73. The Kier molecular flexibility index (Phi) is 7.36. The van der Waals surface area contributed by atoms with Crippen LogP contribution >= 0.6 is 0 Å². The van der Waals surface area contributed by atoms with E-state index in [4.69, 9.17) is 4.74 Å². The maximum absolute atomic E-state index is 13.1. The molecule has 0 saturated carbocycles. The van der Waals surface area contributed by atoms with Crippen molar-refractivity contribution < 1.29 is 41.1 Å². The summed E-state index contributed by atoms with van der Waals surface area (Å²) in [6, 6.07) is 5.41. The molecule has 0 spiro atoms. The van der Waals surface area contributed by atoms with E-state index in [1.807, 2.05) is 0 Å². The fourth-order valence-corrected chi connectivity index (χ4v) is 3.19. The quantitative estimate of drug-likeness (QED) is 0.499. The van der Waals surface area contributed by atoms with E-state index in [1.54, 1.807) is 24.3 Å². The Morgan fingerprint density at radius 2 is 1.72 bits per heavy atom. The van der Waals surface area contributed by atoms with Gasteiger partial charge in [-0.2, -0.15) is 22.0 Å². The number of ether oxygens (including phenoxy) is 1. The lowest BCUT2D eigenvalue weighted by molar-refractivity contribution is -0.278. The maximum Gasteiger partial charge on any atom is 0.455 e. The summed E-state index contributed by atoms with van der Waals surface area (Å²) in [6.45, 7) is 2.35. The highest BCUT2D eigenvalue weighted by Crippen LogP contribution is 2.35. The number of nitrogens with zero attached hydrogens (tertiary/aromatic N) is 1. The number of carbonyl (C=O) groups is 3. The zero-order chi connectivity index (χ0) is 24.4. The van der Waals surface area contributed by atoms with E-state index in [1.165, 1.54) is 38.0 Å². The van der Waals surface area contributed by atoms with Crippen LogP contribution in [0.15, 0.2) is 24.3 Å². The topological polar surface area (TPSA) is 87.7 Å². The molecule has 3 amide bonds. The SMILES string of the molecule is CC(C)C(C(=O)NCC(F)(F)C(F)(F)F)C(=O)N[C@@H]1C(=O)N(C)c2ccccc2O[C@@H]1C. The van der Waals surface area contributed by atoms with Crippen molar-refractivity contribution in [1.29, 1.82) is 0 Å². The number of para-hydroxylation sites is 2. The van der Waals surface area contributed by atoms with Gasteiger partial charge in [0.15, 0.2) is 0 Å². The van der Waals surface area contributed by atoms with Crippen molar-refractivity contribution >= 4 is 23.4 Å². The standard InChI is InChI=1S/C20H24F5N3O4/c1-10(2)14(16(29)26-9-19(21,22)20(23,24)25)17(30)27-15-11(3)32-13-8-6-5-7-12(13)28(4)18(15)31/h5-8,10-11,14-15H,9H2,1-4H3,(H,26,29)(H,27,30)/t11-,14?,15+/m1/s1. The summed E-state index contributed by atoms with van der Waals surface area (Å²) in [4.78, 5) is 39.3. The van der Waals surface area contributed by atoms with Gasteiger partial charge in [-0.3, -0.25) is 14.4 Å². The minimum Gasteiger partial charge on any atom is -0.486 e. The fourth-order valence-electron chi connectivity index (χ4n) is 3.19. The molecule has 1 aromatic carbocycles. The van der Waals surface area contributed by atoms with Gasteiger partial charge >= 0.3 is 12.1 Å². The number of likely N-dealkylation sites (N-methyl/N-ethyl adjacent to an activating group) is 1. The van der Waals surface area contributed by atoms with Gasteiger partial charge < -0.3 is 20.3 Å². The van der Waals surface area contributed by atoms with Crippen molar-refractivity contribution in [3.8, 4) is 5.75 Å². The number of fused-ring (bicyclic) bond motifs is 1. The highest BCUT2D eigenvalue weighted by Gasteiger charge is 2.57. The molecule has 0 aliphatic carbocycles. The Balaban J connectivity index is 2.17. The molecule has 12 heteroatoms. The van der Waals surface area contributed by atoms with E-state index in [2.05, 4.69) is 5.32 Å². The highest BCUT2D eigenvalue weighted by molar-refractivity contribution is 6.05. The maximum atomic E-state index is 13.1. The molecule has 7 nitrogen and oxygen atoms in total. The Morgan fingerprint density at radius 3 is 2.28 bits per heavy atom. The molecule has 0 saturated heterocycles. The van der Waals surface area contributed by atoms with E-state index < -0.39 is 60.3 Å². The van der Waals surface area contributed by atoms with Gasteiger partial charge in [-0.15, -0.1) is 0 Å². The number of hydrogen-bond acceptors (Lipinski definition) is 4. The summed E-state index contributed by atoms with van der Waals surface area (Å²) in [7, 11) is 1.47. The van der Waals surface area contributed by atoms with Crippen molar-refractivity contribution in [3.63, 3.8) is 0 Å². The number of nitrogens with one attached hydrogen (secondary N) is 2. The molecule has 178 valence electrons. The third-order valence-corrected chi connectivity index (χ3v) is 5.03. The van der Waals surface area contributed by atoms with Gasteiger partial charge in [-0.05, 0) is 25.0 Å². The average molecular weight is 465 g/mol. The van der Waals surface area contributed by atoms with E-state index in [9.17, 15) is 36.3 Å². The van der Waals surface area contributed by atoms with Crippen LogP contribution in [0, 0.1) is 11.8 Å². The fraction of sp³-hybridized carbons (Fsp3) is 0.550. The third kappa shape index (κ3) is 5.28. The van der Waals surface area contributed by atoms with Crippen LogP contribution in [0.25, 0.3) is 0 Å². The van der Waals surface area contributed by atoms with E-state index in [0.717, 1.165) is 0 Å². The van der Waals surface area contributed by atoms with Crippen molar-refractivity contribution in [2.75, 3.05) is 18.5 Å². The van der Waals surface area contributed by atoms with Gasteiger partial charge in [0.2, 0.25) is 11.8 Å². The lowest BCUT2D eigenvalue weighted by Gasteiger charge is -2.27. The second-order valence-corrected chi connectivity index (χ2v) is 7.82. The second-order valence-electron chi connectivity index (χ2n) is 7.82. The predicted molar refractivity (Wildman–Crippen MR) is 104 cm³/mol. The number of alkyl halides is 5. The number of amides is 3. The Morgan fingerprint density at radius 1 is 1.12 bits per heavy atom. The smallest absolute Gasteiger partial charge is 0.455 e. The molecule has 1 heterocycles. The summed E-state index contributed by atoms with van der Waals surface area (Å²) in [5.41, 5.74) is 0.452. The van der Waals surface area contributed by atoms with Gasteiger partial charge in [-0.1, -0.05) is 26.0 Å². The first kappa shape index (κ1) is 25.3. The third-order valence-electron chi connectivity index (χ3n) is 5.03. The number of benzene rings is 1. The molecule has 1 aromatic rings. The van der Waals surface area contributed by atoms with Gasteiger partial charge in [-0.25, -0.2) is 0 Å². The van der Waals surface area contributed by atoms with Gasteiger partial charge in [0.05, 0.1) is 12.2 Å². The molecule has 3 atom stereocenters. The zero-order valence-corrected chi connectivity index (χ0v) is 17.8. The largest absolute Gasteiger partial charge is 0.486 e. The molecule has 0 radical (unpaired) electrons. The average Bonchev–Trinajstić information content (AvgIpc) is 2.76. The predicted octanol–water partition coefficient (Wildman–Crippen LogP) is 2.50. The molecule has 1 unspecified atom stereocenters. The summed E-state index contributed by atoms with van der Waals surface area (Å²) in [6.07, 6.45) is -6.71. The van der Waals surface area contributed by atoms with Crippen molar-refractivity contribution in [2.24, 2.45) is 11.8 Å². The number of halogens is 5. The number of hydrogen-bond donors (Lipinski definition) is 2. The lowest BCUT2D eigenvalue weighted by atomic mass is 9.93. The Bertz CT molecular complexity index is 875. The molecule has 1 aliphatic rings. The van der Waals surface area contributed by atoms with Crippen LogP contribution in [0.1, 0.15) is 20.8 Å². The summed E-state index contributed by atoms with van der Waals surface area (Å²) in [5, 5.41) is 3.88. The zero-order valence-electron chi connectivity index (χ0n) is 17.8. The van der Waals surface area contributed by atoms with Gasteiger partial charge in [0.25, 0.3) is 5.91 Å². The molecular formula is C20H24F5N3O4. The number of rotatable bonds is 6. The Labute approximate surface area is 181 Å². The first-order valence-corrected chi connectivity index (χ1v) is 9.73.